The summed E-state index contributed by atoms with van der Waals surface area (Å²) in [7, 11) is 0. The van der Waals surface area contributed by atoms with Crippen molar-refractivity contribution >= 4 is 11.9 Å². The van der Waals surface area contributed by atoms with Crippen LogP contribution in [0.15, 0.2) is 0 Å². The number of carbonyl (C=O) groups is 2. The molecule has 0 aliphatic heterocycles. The number of rotatable bonds is 6. The minimum Gasteiger partial charge on any atom is -0.384 e. The zero-order chi connectivity index (χ0) is 19.0. The van der Waals surface area contributed by atoms with Crippen LogP contribution in [0.4, 0.5) is 43.9 Å². The molecule has 0 aromatic rings. The Balaban J connectivity index is 5.45. The van der Waals surface area contributed by atoms with Crippen LogP contribution in [0.25, 0.3) is 0 Å². The Kier molecular flexibility index (Phi) is 5.73. The quantitative estimate of drug-likeness (QED) is 0.412. The van der Waals surface area contributed by atoms with E-state index >= 15 is 0 Å². The van der Waals surface area contributed by atoms with E-state index in [1.165, 1.54) is 0 Å². The van der Waals surface area contributed by atoms with E-state index in [4.69, 9.17) is 0 Å². The van der Waals surface area contributed by atoms with Crippen molar-refractivity contribution in [2.45, 2.75) is 49.9 Å². The Morgan fingerprint density at radius 2 is 0.913 bits per heavy atom. The van der Waals surface area contributed by atoms with Crippen molar-refractivity contribution in [3.8, 4) is 0 Å². The predicted octanol–water partition coefficient (Wildman–Crippen LogP) is 3.31. The van der Waals surface area contributed by atoms with Gasteiger partial charge in [0.1, 0.15) is 0 Å². The molecule has 0 N–H and O–H groups in total. The Bertz CT molecular complexity index is 430. The van der Waals surface area contributed by atoms with Gasteiger partial charge in [-0.3, -0.25) is 0 Å². The van der Waals surface area contributed by atoms with Gasteiger partial charge in [-0.25, -0.2) is 18.4 Å². The van der Waals surface area contributed by atoms with Gasteiger partial charge in [-0.2, -0.15) is 35.1 Å². The van der Waals surface area contributed by atoms with Gasteiger partial charge in [-0.1, -0.05) is 0 Å². The third-order valence-electron chi connectivity index (χ3n) is 2.53. The van der Waals surface area contributed by atoms with Crippen LogP contribution in [0.1, 0.15) is 13.8 Å². The van der Waals surface area contributed by atoms with Crippen molar-refractivity contribution in [3.63, 3.8) is 0 Å². The predicted molar refractivity (Wildman–Crippen MR) is 52.0 cm³/mol. The molecular formula is C10H8F10O3. The number of esters is 2. The zero-order valence-corrected chi connectivity index (χ0v) is 11.2. The van der Waals surface area contributed by atoms with Gasteiger partial charge in [0.15, 0.2) is 12.3 Å². The fraction of sp³-hybridized carbons (Fsp3) is 0.800. The molecule has 13 heteroatoms. The first-order valence-corrected chi connectivity index (χ1v) is 5.50. The minimum absolute atomic E-state index is 0.128. The average Bonchev–Trinajstić information content (AvgIpc) is 2.37. The number of ether oxygens (including phenoxy) is 1. The van der Waals surface area contributed by atoms with Crippen LogP contribution in [0.3, 0.4) is 0 Å². The molecule has 2 unspecified atom stereocenters. The van der Waals surface area contributed by atoms with Gasteiger partial charge >= 0.3 is 35.6 Å². The molecule has 0 bridgehead atoms. The lowest BCUT2D eigenvalue weighted by atomic mass is 10.1. The van der Waals surface area contributed by atoms with Crippen LogP contribution < -0.4 is 0 Å². The summed E-state index contributed by atoms with van der Waals surface area (Å²) in [6.45, 7) is -0.257. The lowest BCUT2D eigenvalue weighted by Gasteiger charge is -2.28. The molecule has 0 saturated carbocycles. The summed E-state index contributed by atoms with van der Waals surface area (Å²) >= 11 is 0. The van der Waals surface area contributed by atoms with Crippen LogP contribution in [-0.4, -0.2) is 48.0 Å². The fourth-order valence-electron chi connectivity index (χ4n) is 0.984. The standard InChI is InChI=1S/C10H8F10O3/c1-3(11)7(13,14)9(17,18)5(21)23-6(22)10(19,20)8(15,16)4(2)12/h3-4H,1-2H3. The molecule has 0 aromatic carbocycles. The molecule has 0 fully saturated rings. The van der Waals surface area contributed by atoms with E-state index in [1.54, 1.807) is 0 Å². The summed E-state index contributed by atoms with van der Waals surface area (Å²) in [6.07, 6.45) is -7.37. The number of halogens is 10. The first-order valence-electron chi connectivity index (χ1n) is 5.50. The smallest absolute Gasteiger partial charge is 0.384 e. The lowest BCUT2D eigenvalue weighted by Crippen LogP contribution is -2.57. The number of hydrogen-bond acceptors (Lipinski definition) is 3. The van der Waals surface area contributed by atoms with Gasteiger partial charge < -0.3 is 4.74 Å². The second-order valence-electron chi connectivity index (χ2n) is 4.30. The minimum atomic E-state index is -6.12. The van der Waals surface area contributed by atoms with E-state index in [2.05, 4.69) is 4.74 Å². The molecule has 0 rings (SSSR count). The third-order valence-corrected chi connectivity index (χ3v) is 2.53. The van der Waals surface area contributed by atoms with Crippen molar-refractivity contribution in [2.24, 2.45) is 0 Å². The van der Waals surface area contributed by atoms with Crippen molar-refractivity contribution < 1.29 is 58.2 Å². The van der Waals surface area contributed by atoms with Crippen LogP contribution in [0.2, 0.25) is 0 Å². The molecule has 23 heavy (non-hydrogen) atoms. The number of carbonyl (C=O) groups excluding carboxylic acids is 2. The van der Waals surface area contributed by atoms with Gasteiger partial charge in [-0.15, -0.1) is 0 Å². The topological polar surface area (TPSA) is 43.4 Å². The van der Waals surface area contributed by atoms with Crippen molar-refractivity contribution in [1.82, 2.24) is 0 Å². The average molecular weight is 366 g/mol. The molecule has 0 heterocycles. The molecule has 0 spiro atoms. The molecule has 0 amide bonds. The largest absolute Gasteiger partial charge is 0.407 e. The first kappa shape index (κ1) is 21.4. The van der Waals surface area contributed by atoms with E-state index in [-0.39, 0.29) is 13.8 Å². The molecule has 3 nitrogen and oxygen atoms in total. The van der Waals surface area contributed by atoms with E-state index in [0.29, 0.717) is 0 Å². The highest BCUT2D eigenvalue weighted by molar-refractivity contribution is 5.93. The van der Waals surface area contributed by atoms with Gasteiger partial charge in [0.2, 0.25) is 0 Å². The maximum absolute atomic E-state index is 12.9. The molecule has 0 aliphatic carbocycles. The summed E-state index contributed by atoms with van der Waals surface area (Å²) in [6, 6.07) is 0. The summed E-state index contributed by atoms with van der Waals surface area (Å²) < 4.78 is 130. The van der Waals surface area contributed by atoms with Crippen LogP contribution >= 0.6 is 0 Å². The SMILES string of the molecule is CC(F)C(F)(F)C(F)(F)C(=O)OC(=O)C(F)(F)C(F)(F)C(C)F. The van der Waals surface area contributed by atoms with Crippen molar-refractivity contribution in [2.75, 3.05) is 0 Å². The molecule has 0 radical (unpaired) electrons. The lowest BCUT2D eigenvalue weighted by molar-refractivity contribution is -0.260. The Morgan fingerprint density at radius 3 is 1.09 bits per heavy atom. The maximum Gasteiger partial charge on any atom is 0.407 e. The normalized spacial score (nSPS) is 16.7. The molecule has 0 saturated heterocycles. The summed E-state index contributed by atoms with van der Waals surface area (Å²) in [4.78, 5) is 21.3. The number of alkyl halides is 10. The van der Waals surface area contributed by atoms with Crippen LogP contribution in [0, 0.1) is 0 Å². The Morgan fingerprint density at radius 1 is 0.696 bits per heavy atom. The molecular weight excluding hydrogens is 358 g/mol. The van der Waals surface area contributed by atoms with Crippen molar-refractivity contribution in [1.29, 1.82) is 0 Å². The summed E-state index contributed by atoms with van der Waals surface area (Å²) in [5.41, 5.74) is 0. The number of hydrogen-bond donors (Lipinski definition) is 0. The second-order valence-corrected chi connectivity index (χ2v) is 4.30. The summed E-state index contributed by atoms with van der Waals surface area (Å²) in [5, 5.41) is 0. The highest BCUT2D eigenvalue weighted by Gasteiger charge is 2.70. The molecule has 0 aromatic heterocycles. The van der Waals surface area contributed by atoms with Gasteiger partial charge in [0, 0.05) is 0 Å². The highest BCUT2D eigenvalue weighted by Crippen LogP contribution is 2.42. The molecule has 2 atom stereocenters. The van der Waals surface area contributed by atoms with Gasteiger partial charge in [0.25, 0.3) is 0 Å². The molecule has 136 valence electrons. The van der Waals surface area contributed by atoms with Crippen molar-refractivity contribution in [3.05, 3.63) is 0 Å². The van der Waals surface area contributed by atoms with Gasteiger partial charge in [0.05, 0.1) is 0 Å². The Labute approximate surface area is 121 Å². The van der Waals surface area contributed by atoms with Crippen LogP contribution in [0.5, 0.6) is 0 Å². The Hall–Kier alpha value is -1.56. The highest BCUT2D eigenvalue weighted by atomic mass is 19.3. The monoisotopic (exact) mass is 366 g/mol. The maximum atomic E-state index is 12.9. The van der Waals surface area contributed by atoms with Gasteiger partial charge in [-0.05, 0) is 13.8 Å². The van der Waals surface area contributed by atoms with Crippen LogP contribution in [-0.2, 0) is 14.3 Å². The molecule has 0 aliphatic rings. The summed E-state index contributed by atoms with van der Waals surface area (Å²) in [5.74, 6) is -31.2. The van der Waals surface area contributed by atoms with E-state index in [1.807, 2.05) is 0 Å². The second kappa shape index (κ2) is 6.15. The zero-order valence-electron chi connectivity index (χ0n) is 11.2. The van der Waals surface area contributed by atoms with E-state index < -0.39 is 48.0 Å². The van der Waals surface area contributed by atoms with E-state index in [9.17, 15) is 53.5 Å². The van der Waals surface area contributed by atoms with E-state index in [0.717, 1.165) is 0 Å². The first-order chi connectivity index (χ1) is 9.94. The fourth-order valence-corrected chi connectivity index (χ4v) is 0.984. The third kappa shape index (κ3) is 3.52.